The van der Waals surface area contributed by atoms with Gasteiger partial charge in [-0.15, -0.1) is 0 Å². The molecular weight excluding hydrogens is 318 g/mol. The lowest BCUT2D eigenvalue weighted by Gasteiger charge is -2.38. The molecule has 1 rings (SSSR count). The van der Waals surface area contributed by atoms with Crippen LogP contribution >= 0.6 is 0 Å². The summed E-state index contributed by atoms with van der Waals surface area (Å²) in [5, 5.41) is 15.3. The smallest absolute Gasteiger partial charge is 0.317 e. The van der Waals surface area contributed by atoms with E-state index in [0.717, 1.165) is 19.3 Å². The SMILES string of the molecule is CC[C@H]1CN(C(=O)NC(C)C)CC[C@H]1CC(=O)N[C@@H](CO)CC(C)C. The second-order valence-corrected chi connectivity index (χ2v) is 8.05. The fourth-order valence-electron chi connectivity index (χ4n) is 3.61. The van der Waals surface area contributed by atoms with Gasteiger partial charge in [0.2, 0.25) is 5.91 Å². The zero-order valence-electron chi connectivity index (χ0n) is 16.5. The van der Waals surface area contributed by atoms with Crippen LogP contribution in [0.2, 0.25) is 0 Å². The van der Waals surface area contributed by atoms with Crippen LogP contribution in [0.15, 0.2) is 0 Å². The molecule has 3 N–H and O–H groups in total. The molecule has 6 heteroatoms. The molecular formula is C19H37N3O3. The minimum absolute atomic E-state index is 0.00590. The molecule has 146 valence electrons. The molecule has 0 saturated carbocycles. The molecule has 0 aromatic carbocycles. The third-order valence-corrected chi connectivity index (χ3v) is 4.90. The van der Waals surface area contributed by atoms with Gasteiger partial charge in [0.1, 0.15) is 0 Å². The predicted octanol–water partition coefficient (Wildman–Crippen LogP) is 2.37. The molecule has 0 aliphatic carbocycles. The van der Waals surface area contributed by atoms with Crippen molar-refractivity contribution in [3.05, 3.63) is 0 Å². The minimum Gasteiger partial charge on any atom is -0.394 e. The number of aliphatic hydroxyl groups is 1. The highest BCUT2D eigenvalue weighted by Crippen LogP contribution is 2.29. The van der Waals surface area contributed by atoms with E-state index in [1.807, 2.05) is 18.7 Å². The topological polar surface area (TPSA) is 81.7 Å². The van der Waals surface area contributed by atoms with Crippen molar-refractivity contribution in [2.75, 3.05) is 19.7 Å². The lowest BCUT2D eigenvalue weighted by molar-refractivity contribution is -0.124. The summed E-state index contributed by atoms with van der Waals surface area (Å²) in [6.45, 7) is 11.6. The number of hydrogen-bond donors (Lipinski definition) is 3. The van der Waals surface area contributed by atoms with Gasteiger partial charge >= 0.3 is 6.03 Å². The zero-order chi connectivity index (χ0) is 19.0. The average Bonchev–Trinajstić information content (AvgIpc) is 2.53. The van der Waals surface area contributed by atoms with Crippen LogP contribution in [-0.4, -0.2) is 53.7 Å². The fraction of sp³-hybridized carbons (Fsp3) is 0.895. The fourth-order valence-corrected chi connectivity index (χ4v) is 3.61. The third-order valence-electron chi connectivity index (χ3n) is 4.90. The first-order chi connectivity index (χ1) is 11.8. The standard InChI is InChI=1S/C19H37N3O3/c1-6-15-11-22(19(25)20-14(4)5)8-7-16(15)10-18(24)21-17(12-23)9-13(2)3/h13-17,23H,6-12H2,1-5H3,(H,20,25)(H,21,24)/t15-,16-,17+/m0/s1. The summed E-state index contributed by atoms with van der Waals surface area (Å²) in [5.74, 6) is 1.09. The molecule has 1 aliphatic heterocycles. The zero-order valence-corrected chi connectivity index (χ0v) is 16.5. The summed E-state index contributed by atoms with van der Waals surface area (Å²) in [5.41, 5.74) is 0. The quantitative estimate of drug-likeness (QED) is 0.625. The molecule has 0 aromatic heterocycles. The molecule has 1 saturated heterocycles. The van der Waals surface area contributed by atoms with Crippen LogP contribution in [0.1, 0.15) is 60.3 Å². The summed E-state index contributed by atoms with van der Waals surface area (Å²) in [6, 6.07) is -0.0365. The monoisotopic (exact) mass is 355 g/mol. The van der Waals surface area contributed by atoms with Crippen LogP contribution in [-0.2, 0) is 4.79 Å². The van der Waals surface area contributed by atoms with E-state index in [-0.39, 0.29) is 30.6 Å². The van der Waals surface area contributed by atoms with Crippen LogP contribution in [0.5, 0.6) is 0 Å². The Labute approximate surface area is 152 Å². The number of amides is 3. The Morgan fingerprint density at radius 2 is 1.84 bits per heavy atom. The molecule has 1 heterocycles. The number of carbonyl (C=O) groups excluding carboxylic acids is 2. The number of hydrogen-bond acceptors (Lipinski definition) is 3. The largest absolute Gasteiger partial charge is 0.394 e. The number of nitrogens with one attached hydrogen (secondary N) is 2. The van der Waals surface area contributed by atoms with Crippen LogP contribution in [0.25, 0.3) is 0 Å². The Bertz CT molecular complexity index is 426. The molecule has 0 aromatic rings. The van der Waals surface area contributed by atoms with Crippen molar-refractivity contribution in [3.8, 4) is 0 Å². The van der Waals surface area contributed by atoms with E-state index in [1.165, 1.54) is 0 Å². The number of aliphatic hydroxyl groups excluding tert-OH is 1. The second-order valence-electron chi connectivity index (χ2n) is 8.05. The van der Waals surface area contributed by atoms with Crippen molar-refractivity contribution >= 4 is 11.9 Å². The Morgan fingerprint density at radius 1 is 1.16 bits per heavy atom. The molecule has 1 fully saturated rings. The Hall–Kier alpha value is -1.30. The number of piperidine rings is 1. The molecule has 0 spiro atoms. The van der Waals surface area contributed by atoms with Gasteiger partial charge in [0.05, 0.1) is 12.6 Å². The summed E-state index contributed by atoms with van der Waals surface area (Å²) >= 11 is 0. The van der Waals surface area contributed by atoms with Gasteiger partial charge in [-0.1, -0.05) is 27.2 Å². The highest BCUT2D eigenvalue weighted by Gasteiger charge is 2.32. The maximum atomic E-state index is 12.4. The van der Waals surface area contributed by atoms with Gasteiger partial charge in [0.25, 0.3) is 0 Å². The molecule has 25 heavy (non-hydrogen) atoms. The van der Waals surface area contributed by atoms with Gasteiger partial charge in [-0.05, 0) is 44.4 Å². The second kappa shape index (κ2) is 10.6. The molecule has 3 amide bonds. The maximum absolute atomic E-state index is 12.4. The predicted molar refractivity (Wildman–Crippen MR) is 100 cm³/mol. The molecule has 6 nitrogen and oxygen atoms in total. The van der Waals surface area contributed by atoms with Crippen LogP contribution in [0.3, 0.4) is 0 Å². The lowest BCUT2D eigenvalue weighted by atomic mass is 9.81. The van der Waals surface area contributed by atoms with Crippen molar-refractivity contribution in [2.24, 2.45) is 17.8 Å². The van der Waals surface area contributed by atoms with Crippen molar-refractivity contribution < 1.29 is 14.7 Å². The Balaban J connectivity index is 2.53. The first-order valence-corrected chi connectivity index (χ1v) is 9.72. The number of urea groups is 1. The van der Waals surface area contributed by atoms with Crippen molar-refractivity contribution in [1.82, 2.24) is 15.5 Å². The van der Waals surface area contributed by atoms with Crippen LogP contribution in [0.4, 0.5) is 4.79 Å². The van der Waals surface area contributed by atoms with Gasteiger partial charge < -0.3 is 20.6 Å². The van der Waals surface area contributed by atoms with Gasteiger partial charge in [-0.2, -0.15) is 0 Å². The van der Waals surface area contributed by atoms with E-state index in [2.05, 4.69) is 31.4 Å². The molecule has 1 aliphatic rings. The van der Waals surface area contributed by atoms with Crippen molar-refractivity contribution in [2.45, 2.75) is 72.4 Å². The van der Waals surface area contributed by atoms with Crippen LogP contribution < -0.4 is 10.6 Å². The highest BCUT2D eigenvalue weighted by atomic mass is 16.3. The third kappa shape index (κ3) is 7.63. The van der Waals surface area contributed by atoms with E-state index in [0.29, 0.717) is 37.3 Å². The van der Waals surface area contributed by atoms with Crippen molar-refractivity contribution in [3.63, 3.8) is 0 Å². The van der Waals surface area contributed by atoms with E-state index >= 15 is 0 Å². The van der Waals surface area contributed by atoms with Gasteiger partial charge in [-0.25, -0.2) is 4.79 Å². The number of rotatable bonds is 8. The highest BCUT2D eigenvalue weighted by molar-refractivity contribution is 5.77. The summed E-state index contributed by atoms with van der Waals surface area (Å²) in [4.78, 5) is 26.4. The molecule has 0 radical (unpaired) electrons. The van der Waals surface area contributed by atoms with E-state index < -0.39 is 0 Å². The first-order valence-electron chi connectivity index (χ1n) is 9.72. The van der Waals surface area contributed by atoms with Gasteiger partial charge in [0, 0.05) is 25.6 Å². The normalized spacial score (nSPS) is 22.2. The Morgan fingerprint density at radius 3 is 2.36 bits per heavy atom. The van der Waals surface area contributed by atoms with E-state index in [9.17, 15) is 14.7 Å². The van der Waals surface area contributed by atoms with Gasteiger partial charge in [0.15, 0.2) is 0 Å². The number of nitrogens with zero attached hydrogens (tertiary/aromatic N) is 1. The summed E-state index contributed by atoms with van der Waals surface area (Å²) < 4.78 is 0. The number of likely N-dealkylation sites (tertiary alicyclic amines) is 1. The van der Waals surface area contributed by atoms with E-state index in [1.54, 1.807) is 0 Å². The minimum atomic E-state index is -0.163. The van der Waals surface area contributed by atoms with E-state index in [4.69, 9.17) is 0 Å². The summed E-state index contributed by atoms with van der Waals surface area (Å²) in [6.07, 6.45) is 3.07. The average molecular weight is 356 g/mol. The maximum Gasteiger partial charge on any atom is 0.317 e. The van der Waals surface area contributed by atoms with Crippen LogP contribution in [0, 0.1) is 17.8 Å². The number of carbonyl (C=O) groups is 2. The van der Waals surface area contributed by atoms with Crippen molar-refractivity contribution in [1.29, 1.82) is 0 Å². The molecule has 0 unspecified atom stereocenters. The first kappa shape index (κ1) is 21.7. The molecule has 0 bridgehead atoms. The lowest BCUT2D eigenvalue weighted by Crippen LogP contribution is -2.50. The Kier molecular flexibility index (Phi) is 9.25. The van der Waals surface area contributed by atoms with Gasteiger partial charge in [-0.3, -0.25) is 4.79 Å². The molecule has 3 atom stereocenters. The summed E-state index contributed by atoms with van der Waals surface area (Å²) in [7, 11) is 0.